The SMILES string of the molecule is COc1ccc(CN2CCCN(N)C2=O)cc1. The zero-order valence-electron chi connectivity index (χ0n) is 9.93. The molecule has 0 aliphatic carbocycles. The summed E-state index contributed by atoms with van der Waals surface area (Å²) in [6.45, 7) is 1.99. The van der Waals surface area contributed by atoms with Gasteiger partial charge in [-0.3, -0.25) is 5.01 Å². The average molecular weight is 235 g/mol. The lowest BCUT2D eigenvalue weighted by molar-refractivity contribution is 0.127. The molecule has 0 bridgehead atoms. The molecule has 1 aromatic carbocycles. The van der Waals surface area contributed by atoms with Crippen molar-refractivity contribution in [1.82, 2.24) is 9.91 Å². The molecule has 5 nitrogen and oxygen atoms in total. The van der Waals surface area contributed by atoms with E-state index in [9.17, 15) is 4.79 Å². The lowest BCUT2D eigenvalue weighted by Crippen LogP contribution is -2.52. The molecule has 0 atom stereocenters. The van der Waals surface area contributed by atoms with Crippen LogP contribution in [0.25, 0.3) is 0 Å². The van der Waals surface area contributed by atoms with Gasteiger partial charge < -0.3 is 9.64 Å². The Hall–Kier alpha value is -1.75. The Morgan fingerprint density at radius 2 is 2.00 bits per heavy atom. The Balaban J connectivity index is 2.01. The molecule has 0 radical (unpaired) electrons. The van der Waals surface area contributed by atoms with Crippen LogP contribution in [-0.2, 0) is 6.54 Å². The molecule has 2 rings (SSSR count). The predicted molar refractivity (Wildman–Crippen MR) is 64.3 cm³/mol. The number of methoxy groups -OCH3 is 1. The highest BCUT2D eigenvalue weighted by molar-refractivity contribution is 5.74. The number of rotatable bonds is 3. The van der Waals surface area contributed by atoms with Crippen LogP contribution in [0.15, 0.2) is 24.3 Å². The maximum atomic E-state index is 11.8. The standard InChI is InChI=1S/C12H17N3O2/c1-17-11-5-3-10(4-6-11)9-14-7-2-8-15(13)12(14)16/h3-6H,2,7-9,13H2,1H3. The van der Waals surface area contributed by atoms with Crippen molar-refractivity contribution in [1.29, 1.82) is 0 Å². The van der Waals surface area contributed by atoms with Crippen LogP contribution < -0.4 is 10.6 Å². The quantitative estimate of drug-likeness (QED) is 0.632. The maximum Gasteiger partial charge on any atom is 0.334 e. The van der Waals surface area contributed by atoms with E-state index in [0.717, 1.165) is 24.3 Å². The van der Waals surface area contributed by atoms with E-state index in [-0.39, 0.29) is 6.03 Å². The number of carbonyl (C=O) groups is 1. The van der Waals surface area contributed by atoms with Gasteiger partial charge in [-0.15, -0.1) is 0 Å². The Labute approximate surface area is 101 Å². The van der Waals surface area contributed by atoms with Gasteiger partial charge in [-0.1, -0.05) is 12.1 Å². The molecular weight excluding hydrogens is 218 g/mol. The molecular formula is C12H17N3O2. The zero-order valence-corrected chi connectivity index (χ0v) is 9.93. The molecule has 1 aliphatic rings. The van der Waals surface area contributed by atoms with E-state index in [2.05, 4.69) is 0 Å². The summed E-state index contributed by atoms with van der Waals surface area (Å²) >= 11 is 0. The molecule has 0 spiro atoms. The summed E-state index contributed by atoms with van der Waals surface area (Å²) in [5, 5.41) is 1.27. The van der Waals surface area contributed by atoms with Crippen molar-refractivity contribution >= 4 is 6.03 Å². The Bertz CT molecular complexity index is 391. The molecule has 0 unspecified atom stereocenters. The molecule has 1 aromatic rings. The van der Waals surface area contributed by atoms with Crippen LogP contribution in [-0.4, -0.2) is 36.1 Å². The third-order valence-electron chi connectivity index (χ3n) is 2.88. The molecule has 92 valence electrons. The molecule has 5 heteroatoms. The Kier molecular flexibility index (Phi) is 3.49. The predicted octanol–water partition coefficient (Wildman–Crippen LogP) is 1.20. The summed E-state index contributed by atoms with van der Waals surface area (Å²) in [6, 6.07) is 7.60. The van der Waals surface area contributed by atoms with Gasteiger partial charge in [-0.25, -0.2) is 10.6 Å². The number of carbonyl (C=O) groups excluding carboxylic acids is 1. The van der Waals surface area contributed by atoms with Crippen molar-refractivity contribution in [2.75, 3.05) is 20.2 Å². The van der Waals surface area contributed by atoms with Crippen molar-refractivity contribution in [3.05, 3.63) is 29.8 Å². The maximum absolute atomic E-state index is 11.8. The van der Waals surface area contributed by atoms with Crippen LogP contribution in [0.1, 0.15) is 12.0 Å². The van der Waals surface area contributed by atoms with Gasteiger partial charge in [0.25, 0.3) is 0 Å². The minimum absolute atomic E-state index is 0.105. The smallest absolute Gasteiger partial charge is 0.334 e. The third kappa shape index (κ3) is 2.68. The molecule has 0 aromatic heterocycles. The van der Waals surface area contributed by atoms with Gasteiger partial charge >= 0.3 is 6.03 Å². The summed E-state index contributed by atoms with van der Waals surface area (Å²) in [4.78, 5) is 13.5. The summed E-state index contributed by atoms with van der Waals surface area (Å²) in [7, 11) is 1.63. The number of nitrogens with zero attached hydrogens (tertiary/aromatic N) is 2. The van der Waals surface area contributed by atoms with Crippen molar-refractivity contribution in [3.8, 4) is 5.75 Å². The first kappa shape index (κ1) is 11.7. The van der Waals surface area contributed by atoms with Crippen LogP contribution in [0.4, 0.5) is 4.79 Å². The van der Waals surface area contributed by atoms with Gasteiger partial charge in [0.05, 0.1) is 7.11 Å². The largest absolute Gasteiger partial charge is 0.497 e. The number of benzene rings is 1. The van der Waals surface area contributed by atoms with E-state index < -0.39 is 0 Å². The van der Waals surface area contributed by atoms with Gasteiger partial charge in [0.15, 0.2) is 0 Å². The molecule has 2 amide bonds. The number of hydrazine groups is 1. The number of hydrogen-bond acceptors (Lipinski definition) is 3. The van der Waals surface area contributed by atoms with Crippen molar-refractivity contribution in [3.63, 3.8) is 0 Å². The molecule has 1 heterocycles. The minimum atomic E-state index is -0.105. The van der Waals surface area contributed by atoms with Gasteiger partial charge in [0, 0.05) is 19.6 Å². The van der Waals surface area contributed by atoms with Crippen molar-refractivity contribution in [2.45, 2.75) is 13.0 Å². The van der Waals surface area contributed by atoms with Gasteiger partial charge in [-0.05, 0) is 24.1 Å². The van der Waals surface area contributed by atoms with Crippen LogP contribution >= 0.6 is 0 Å². The number of urea groups is 1. The fourth-order valence-electron chi connectivity index (χ4n) is 1.90. The number of amides is 2. The van der Waals surface area contributed by atoms with E-state index in [0.29, 0.717) is 13.1 Å². The summed E-state index contributed by atoms with van der Waals surface area (Å²) in [5.41, 5.74) is 1.08. The molecule has 1 fully saturated rings. The Morgan fingerprint density at radius 1 is 1.29 bits per heavy atom. The fourth-order valence-corrected chi connectivity index (χ4v) is 1.90. The van der Waals surface area contributed by atoms with Gasteiger partial charge in [-0.2, -0.15) is 0 Å². The second-order valence-corrected chi connectivity index (χ2v) is 4.10. The van der Waals surface area contributed by atoms with Gasteiger partial charge in [0.2, 0.25) is 0 Å². The van der Waals surface area contributed by atoms with E-state index in [4.69, 9.17) is 10.6 Å². The molecule has 1 saturated heterocycles. The number of ether oxygens (including phenoxy) is 1. The molecule has 1 aliphatic heterocycles. The normalized spacial score (nSPS) is 16.2. The molecule has 2 N–H and O–H groups in total. The fraction of sp³-hybridized carbons (Fsp3) is 0.417. The molecule has 0 saturated carbocycles. The van der Waals surface area contributed by atoms with Crippen molar-refractivity contribution < 1.29 is 9.53 Å². The van der Waals surface area contributed by atoms with Crippen LogP contribution in [0.3, 0.4) is 0 Å². The van der Waals surface area contributed by atoms with E-state index >= 15 is 0 Å². The van der Waals surface area contributed by atoms with Crippen LogP contribution in [0.2, 0.25) is 0 Å². The number of nitrogens with two attached hydrogens (primary N) is 1. The lowest BCUT2D eigenvalue weighted by atomic mass is 10.2. The highest BCUT2D eigenvalue weighted by Gasteiger charge is 2.22. The average Bonchev–Trinajstić information content (AvgIpc) is 2.36. The monoisotopic (exact) mass is 235 g/mol. The zero-order chi connectivity index (χ0) is 12.3. The topological polar surface area (TPSA) is 58.8 Å². The first-order chi connectivity index (χ1) is 8.20. The second kappa shape index (κ2) is 5.05. The van der Waals surface area contributed by atoms with Crippen molar-refractivity contribution in [2.24, 2.45) is 5.84 Å². The summed E-state index contributed by atoms with van der Waals surface area (Å²) in [6.07, 6.45) is 0.915. The second-order valence-electron chi connectivity index (χ2n) is 4.10. The first-order valence-corrected chi connectivity index (χ1v) is 5.65. The van der Waals surface area contributed by atoms with Gasteiger partial charge in [0.1, 0.15) is 5.75 Å². The van der Waals surface area contributed by atoms with Crippen LogP contribution in [0.5, 0.6) is 5.75 Å². The number of hydrogen-bond donors (Lipinski definition) is 1. The lowest BCUT2D eigenvalue weighted by Gasteiger charge is -2.32. The summed E-state index contributed by atoms with van der Waals surface area (Å²) < 4.78 is 5.09. The van der Waals surface area contributed by atoms with Crippen LogP contribution in [0, 0.1) is 0 Å². The van der Waals surface area contributed by atoms with E-state index in [1.807, 2.05) is 24.3 Å². The highest BCUT2D eigenvalue weighted by atomic mass is 16.5. The van der Waals surface area contributed by atoms with E-state index in [1.165, 1.54) is 5.01 Å². The highest BCUT2D eigenvalue weighted by Crippen LogP contribution is 2.15. The Morgan fingerprint density at radius 3 is 2.65 bits per heavy atom. The van der Waals surface area contributed by atoms with E-state index in [1.54, 1.807) is 12.0 Å². The minimum Gasteiger partial charge on any atom is -0.497 e. The summed E-state index contributed by atoms with van der Waals surface area (Å²) in [5.74, 6) is 6.41. The first-order valence-electron chi connectivity index (χ1n) is 5.65. The molecule has 17 heavy (non-hydrogen) atoms. The third-order valence-corrected chi connectivity index (χ3v) is 2.88.